The van der Waals surface area contributed by atoms with Crippen LogP contribution >= 0.6 is 20.7 Å². The van der Waals surface area contributed by atoms with E-state index >= 15 is 0 Å². The molecule has 0 aromatic carbocycles. The zero-order chi connectivity index (χ0) is 11.6. The Bertz CT molecular complexity index is 584. The summed E-state index contributed by atoms with van der Waals surface area (Å²) in [5.41, 5.74) is 0.580. The fourth-order valence-corrected chi connectivity index (χ4v) is 3.58. The number of nitrogens with one attached hydrogen (secondary N) is 1. The molecule has 86 valence electrons. The smallest absolute Gasteiger partial charge is 0.280 e. The largest absolute Gasteiger partial charge is 0.339 e. The molecule has 0 fully saturated rings. The summed E-state index contributed by atoms with van der Waals surface area (Å²) in [5, 5.41) is 0.0320. The van der Waals surface area contributed by atoms with Crippen molar-refractivity contribution in [3.8, 4) is 0 Å². The number of aryl methyl sites for hydroxylation is 1. The standard InChI is InChI=1S/C9H10IN3O2S/c1-13-6-9(11-7-13)16(14,15)12-8-2-4-10-5-3-8/h2-7,12H,1H3. The highest BCUT2D eigenvalue weighted by atomic mass is 127. The lowest BCUT2D eigenvalue weighted by molar-refractivity contribution is 0.586. The molecule has 1 aromatic heterocycles. The van der Waals surface area contributed by atoms with Gasteiger partial charge in [-0.1, -0.05) is 20.7 Å². The van der Waals surface area contributed by atoms with E-state index in [1.165, 1.54) is 12.5 Å². The van der Waals surface area contributed by atoms with E-state index in [9.17, 15) is 8.42 Å². The van der Waals surface area contributed by atoms with Gasteiger partial charge in [0.1, 0.15) is 0 Å². The van der Waals surface area contributed by atoms with E-state index in [-0.39, 0.29) is 25.8 Å². The van der Waals surface area contributed by atoms with Gasteiger partial charge in [0.2, 0.25) is 0 Å². The molecule has 1 aliphatic rings. The van der Waals surface area contributed by atoms with Crippen LogP contribution in [0.15, 0.2) is 39.5 Å². The number of aromatic nitrogens is 2. The molecule has 2 heterocycles. The number of imidazole rings is 1. The third-order valence-corrected chi connectivity index (χ3v) is 4.65. The lowest BCUT2D eigenvalue weighted by Crippen LogP contribution is -2.23. The second-order valence-electron chi connectivity index (χ2n) is 3.15. The van der Waals surface area contributed by atoms with Gasteiger partial charge in [0.15, 0.2) is 5.03 Å². The van der Waals surface area contributed by atoms with Crippen molar-refractivity contribution >= 4 is 34.8 Å². The van der Waals surface area contributed by atoms with Crippen LogP contribution in [0.4, 0.5) is 0 Å². The Balaban J connectivity index is 2.24. The van der Waals surface area contributed by atoms with Crippen molar-refractivity contribution in [2.24, 2.45) is 7.05 Å². The molecule has 1 N–H and O–H groups in total. The molecule has 0 amide bonds. The fourth-order valence-electron chi connectivity index (χ4n) is 1.11. The molecule has 2 rings (SSSR count). The first kappa shape index (κ1) is 11.5. The third kappa shape index (κ3) is 2.59. The van der Waals surface area contributed by atoms with Gasteiger partial charge in [-0.3, -0.25) is 4.72 Å². The molecule has 0 spiro atoms. The fraction of sp³-hybridized carbons (Fsp3) is 0.111. The van der Waals surface area contributed by atoms with E-state index in [0.717, 1.165) is 0 Å². The van der Waals surface area contributed by atoms with Crippen LogP contribution in [0.1, 0.15) is 0 Å². The molecular weight excluding hydrogens is 341 g/mol. The maximum atomic E-state index is 11.8. The topological polar surface area (TPSA) is 64.0 Å². The number of nitrogens with zero attached hydrogens (tertiary/aromatic N) is 2. The van der Waals surface area contributed by atoms with E-state index < -0.39 is 10.0 Å². The van der Waals surface area contributed by atoms with Gasteiger partial charge in [-0.15, -0.1) is 0 Å². The Hall–Kier alpha value is -0.960. The zero-order valence-electron chi connectivity index (χ0n) is 8.46. The van der Waals surface area contributed by atoms with Crippen LogP contribution in [0.25, 0.3) is 0 Å². The van der Waals surface area contributed by atoms with Crippen LogP contribution < -0.4 is 4.72 Å². The average Bonchev–Trinajstić information content (AvgIpc) is 2.66. The normalized spacial score (nSPS) is 15.4. The summed E-state index contributed by atoms with van der Waals surface area (Å²) in [6.07, 6.45) is 6.49. The minimum absolute atomic E-state index is 0.0320. The Labute approximate surface area is 104 Å². The minimum Gasteiger partial charge on any atom is -0.339 e. The number of rotatable bonds is 3. The Morgan fingerprint density at radius 1 is 1.50 bits per heavy atom. The second kappa shape index (κ2) is 4.50. The lowest BCUT2D eigenvalue weighted by Gasteiger charge is -2.06. The number of halogens is 1. The van der Waals surface area contributed by atoms with E-state index in [0.29, 0.717) is 5.70 Å². The first-order valence-electron chi connectivity index (χ1n) is 4.41. The van der Waals surface area contributed by atoms with Crippen molar-refractivity contribution in [1.82, 2.24) is 14.3 Å². The molecule has 0 saturated heterocycles. The minimum atomic E-state index is -3.55. The molecule has 7 heteroatoms. The maximum Gasteiger partial charge on any atom is 0.280 e. The molecule has 0 unspecified atom stereocenters. The Morgan fingerprint density at radius 3 is 2.88 bits per heavy atom. The van der Waals surface area contributed by atoms with Gasteiger partial charge in [-0.25, -0.2) is 4.98 Å². The van der Waals surface area contributed by atoms with Crippen molar-refractivity contribution in [2.75, 3.05) is 0 Å². The van der Waals surface area contributed by atoms with Crippen LogP contribution in [-0.4, -0.2) is 22.0 Å². The molecule has 16 heavy (non-hydrogen) atoms. The van der Waals surface area contributed by atoms with Crippen LogP contribution in [-0.2, 0) is 17.1 Å². The van der Waals surface area contributed by atoms with Crippen LogP contribution in [0, 0.1) is 0 Å². The number of hydrogen-bond acceptors (Lipinski definition) is 3. The van der Waals surface area contributed by atoms with Crippen molar-refractivity contribution < 1.29 is 8.42 Å². The molecule has 0 bridgehead atoms. The van der Waals surface area contributed by atoms with Gasteiger partial charge in [0.25, 0.3) is 10.0 Å². The van der Waals surface area contributed by atoms with E-state index in [1.807, 2.05) is 8.09 Å². The summed E-state index contributed by atoms with van der Waals surface area (Å²) < 4.78 is 31.8. The predicted octanol–water partition coefficient (Wildman–Crippen LogP) is 0.882. The van der Waals surface area contributed by atoms with Crippen molar-refractivity contribution in [1.29, 1.82) is 0 Å². The predicted molar refractivity (Wildman–Crippen MR) is 70.8 cm³/mol. The first-order valence-corrected chi connectivity index (χ1v) is 8.38. The summed E-state index contributed by atoms with van der Waals surface area (Å²) in [7, 11) is -1.82. The average molecular weight is 351 g/mol. The highest BCUT2D eigenvalue weighted by molar-refractivity contribution is 14.2. The molecule has 0 aliphatic carbocycles. The van der Waals surface area contributed by atoms with E-state index in [1.54, 1.807) is 23.8 Å². The summed E-state index contributed by atoms with van der Waals surface area (Å²) in [6, 6.07) is 0. The molecule has 1 aromatic rings. The number of hydrogen-bond donors (Lipinski definition) is 1. The van der Waals surface area contributed by atoms with Gasteiger partial charge in [0, 0.05) is 18.9 Å². The van der Waals surface area contributed by atoms with Crippen molar-refractivity contribution in [3.63, 3.8) is 0 Å². The molecule has 0 radical (unpaired) electrons. The maximum absolute atomic E-state index is 11.8. The first-order chi connectivity index (χ1) is 7.58. The van der Waals surface area contributed by atoms with Crippen molar-refractivity contribution in [3.05, 3.63) is 34.5 Å². The molecule has 0 saturated carbocycles. The highest BCUT2D eigenvalue weighted by Crippen LogP contribution is 2.11. The molecule has 5 nitrogen and oxygen atoms in total. The van der Waals surface area contributed by atoms with Gasteiger partial charge < -0.3 is 4.57 Å². The van der Waals surface area contributed by atoms with Crippen LogP contribution in [0.5, 0.6) is 0 Å². The summed E-state index contributed by atoms with van der Waals surface area (Å²) >= 11 is -0.0429. The third-order valence-electron chi connectivity index (χ3n) is 1.84. The molecule has 1 aliphatic heterocycles. The quantitative estimate of drug-likeness (QED) is 0.823. The summed E-state index contributed by atoms with van der Waals surface area (Å²) in [4.78, 5) is 3.81. The van der Waals surface area contributed by atoms with Gasteiger partial charge in [-0.05, 0) is 20.2 Å². The highest BCUT2D eigenvalue weighted by Gasteiger charge is 2.17. The number of sulfonamides is 1. The molecule has 0 atom stereocenters. The van der Waals surface area contributed by atoms with Crippen LogP contribution in [0.2, 0.25) is 0 Å². The second-order valence-corrected chi connectivity index (χ2v) is 6.94. The molecular formula is C9H10IN3O2S. The zero-order valence-corrected chi connectivity index (χ0v) is 11.4. The van der Waals surface area contributed by atoms with E-state index in [2.05, 4.69) is 9.71 Å². The SMILES string of the molecule is Cn1cnc(S(=O)(=O)NC2=CC=IC=C2)c1. The van der Waals surface area contributed by atoms with Gasteiger partial charge >= 0.3 is 0 Å². The van der Waals surface area contributed by atoms with Gasteiger partial charge in [-0.2, -0.15) is 8.42 Å². The summed E-state index contributed by atoms with van der Waals surface area (Å²) in [6.45, 7) is 0. The van der Waals surface area contributed by atoms with Crippen molar-refractivity contribution in [2.45, 2.75) is 5.03 Å². The van der Waals surface area contributed by atoms with Crippen LogP contribution in [0.3, 0.4) is 0 Å². The van der Waals surface area contributed by atoms with Gasteiger partial charge in [0.05, 0.1) is 6.33 Å². The Morgan fingerprint density at radius 2 is 2.31 bits per heavy atom. The number of allylic oxidation sites excluding steroid dienone is 2. The summed E-state index contributed by atoms with van der Waals surface area (Å²) in [5.74, 6) is 0. The monoisotopic (exact) mass is 351 g/mol. The Kier molecular flexibility index (Phi) is 3.24. The lowest BCUT2D eigenvalue weighted by atomic mass is 10.4. The van der Waals surface area contributed by atoms with E-state index in [4.69, 9.17) is 0 Å².